The summed E-state index contributed by atoms with van der Waals surface area (Å²) in [6, 6.07) is 5.99. The first-order valence-electron chi connectivity index (χ1n) is 9.00. The third kappa shape index (κ3) is 4.42. The minimum atomic E-state index is 0.323. The first-order valence-corrected chi connectivity index (χ1v) is 10.2. The van der Waals surface area contributed by atoms with E-state index in [0.717, 1.165) is 18.2 Å². The number of pyridine rings is 1. The lowest BCUT2D eigenvalue weighted by Crippen LogP contribution is -2.57. The summed E-state index contributed by atoms with van der Waals surface area (Å²) >= 11 is 2.09. The lowest BCUT2D eigenvalue weighted by molar-refractivity contribution is 0.107. The average Bonchev–Trinajstić information content (AvgIpc) is 3.14. The first kappa shape index (κ1) is 17.5. The van der Waals surface area contributed by atoms with Crippen molar-refractivity contribution in [3.63, 3.8) is 0 Å². The molecular formula is C18H29N5S. The summed E-state index contributed by atoms with van der Waals surface area (Å²) in [5, 5.41) is 6.97. The van der Waals surface area contributed by atoms with Crippen LogP contribution in [0.5, 0.6) is 0 Å². The Labute approximate surface area is 149 Å². The number of rotatable bonds is 5. The van der Waals surface area contributed by atoms with Gasteiger partial charge in [-0.2, -0.15) is 11.8 Å². The monoisotopic (exact) mass is 347 g/mol. The van der Waals surface area contributed by atoms with Crippen molar-refractivity contribution in [3.8, 4) is 0 Å². The van der Waals surface area contributed by atoms with Gasteiger partial charge < -0.3 is 10.6 Å². The van der Waals surface area contributed by atoms with Gasteiger partial charge in [0.15, 0.2) is 5.96 Å². The number of hydrogen-bond donors (Lipinski definition) is 2. The van der Waals surface area contributed by atoms with E-state index < -0.39 is 0 Å². The van der Waals surface area contributed by atoms with Crippen molar-refractivity contribution in [1.82, 2.24) is 20.5 Å². The van der Waals surface area contributed by atoms with Gasteiger partial charge in [-0.05, 0) is 25.0 Å². The summed E-state index contributed by atoms with van der Waals surface area (Å²) in [7, 11) is 1.84. The molecule has 3 rings (SSSR count). The number of aliphatic imine (C=N–C) groups is 1. The van der Waals surface area contributed by atoms with Crippen LogP contribution in [0, 0.1) is 0 Å². The number of thioether (sulfide) groups is 1. The molecule has 5 nitrogen and oxygen atoms in total. The Morgan fingerprint density at radius 3 is 2.71 bits per heavy atom. The number of nitrogens with zero attached hydrogens (tertiary/aromatic N) is 3. The highest BCUT2D eigenvalue weighted by atomic mass is 32.2. The number of aromatic nitrogens is 1. The molecule has 0 radical (unpaired) electrons. The van der Waals surface area contributed by atoms with Crippen molar-refractivity contribution >= 4 is 17.7 Å². The van der Waals surface area contributed by atoms with E-state index in [1.54, 1.807) is 0 Å². The van der Waals surface area contributed by atoms with E-state index in [4.69, 9.17) is 0 Å². The molecule has 2 heterocycles. The van der Waals surface area contributed by atoms with Crippen molar-refractivity contribution < 1.29 is 0 Å². The lowest BCUT2D eigenvalue weighted by Gasteiger charge is -2.43. The molecule has 0 atom stereocenters. The van der Waals surface area contributed by atoms with Gasteiger partial charge in [0.25, 0.3) is 0 Å². The second-order valence-electron chi connectivity index (χ2n) is 6.63. The highest BCUT2D eigenvalue weighted by Gasteiger charge is 2.39. The van der Waals surface area contributed by atoms with Gasteiger partial charge in [0.2, 0.25) is 0 Å². The van der Waals surface area contributed by atoms with Crippen molar-refractivity contribution in [1.29, 1.82) is 0 Å². The van der Waals surface area contributed by atoms with Gasteiger partial charge in [-0.3, -0.25) is 14.9 Å². The second-order valence-corrected chi connectivity index (χ2v) is 7.86. The smallest absolute Gasteiger partial charge is 0.191 e. The zero-order chi connectivity index (χ0) is 16.7. The molecule has 2 fully saturated rings. The maximum Gasteiger partial charge on any atom is 0.191 e. The molecule has 1 saturated heterocycles. The van der Waals surface area contributed by atoms with Crippen molar-refractivity contribution in [3.05, 3.63) is 30.1 Å². The van der Waals surface area contributed by atoms with Crippen LogP contribution in [-0.4, -0.2) is 59.6 Å². The zero-order valence-electron chi connectivity index (χ0n) is 14.6. The molecule has 6 heteroatoms. The zero-order valence-corrected chi connectivity index (χ0v) is 15.4. The minimum Gasteiger partial charge on any atom is -0.355 e. The molecule has 0 aromatic carbocycles. The summed E-state index contributed by atoms with van der Waals surface area (Å²) in [5.41, 5.74) is 1.35. The van der Waals surface area contributed by atoms with E-state index >= 15 is 0 Å². The fraction of sp³-hybridized carbons (Fsp3) is 0.667. The quantitative estimate of drug-likeness (QED) is 0.631. The van der Waals surface area contributed by atoms with Crippen molar-refractivity contribution in [2.45, 2.75) is 37.8 Å². The van der Waals surface area contributed by atoms with E-state index in [1.807, 2.05) is 31.4 Å². The molecule has 132 valence electrons. The maximum absolute atomic E-state index is 4.38. The number of guanidine groups is 1. The van der Waals surface area contributed by atoms with E-state index in [0.29, 0.717) is 12.1 Å². The molecule has 1 aromatic heterocycles. The highest BCUT2D eigenvalue weighted by molar-refractivity contribution is 7.99. The van der Waals surface area contributed by atoms with Crippen LogP contribution in [0.1, 0.15) is 31.4 Å². The Kier molecular flexibility index (Phi) is 6.37. The molecule has 1 aliphatic heterocycles. The molecule has 24 heavy (non-hydrogen) atoms. The van der Waals surface area contributed by atoms with Crippen LogP contribution in [0.25, 0.3) is 0 Å². The normalized spacial score (nSPS) is 21.6. The van der Waals surface area contributed by atoms with Gasteiger partial charge in [0.1, 0.15) is 0 Å². The Bertz CT molecular complexity index is 521. The van der Waals surface area contributed by atoms with Gasteiger partial charge in [0.05, 0.1) is 12.2 Å². The predicted molar refractivity (Wildman–Crippen MR) is 103 cm³/mol. The van der Waals surface area contributed by atoms with Gasteiger partial charge in [0, 0.05) is 49.9 Å². The third-order valence-electron chi connectivity index (χ3n) is 5.19. The van der Waals surface area contributed by atoms with Crippen molar-refractivity contribution in [2.75, 3.05) is 38.2 Å². The Balaban J connectivity index is 1.54. The SMILES string of the molecule is CN=C(NCc1ccccn1)NCC1(N2CCSCC2)CCCC1. The van der Waals surface area contributed by atoms with Crippen LogP contribution in [0.3, 0.4) is 0 Å². The van der Waals surface area contributed by atoms with Crippen LogP contribution in [-0.2, 0) is 6.54 Å². The van der Waals surface area contributed by atoms with Crippen LogP contribution < -0.4 is 10.6 Å². The maximum atomic E-state index is 4.38. The van der Waals surface area contributed by atoms with E-state index in [2.05, 4.69) is 37.3 Å². The third-order valence-corrected chi connectivity index (χ3v) is 6.13. The van der Waals surface area contributed by atoms with Gasteiger partial charge in [-0.25, -0.2) is 0 Å². The molecule has 0 bridgehead atoms. The van der Waals surface area contributed by atoms with Crippen LogP contribution in [0.4, 0.5) is 0 Å². The summed E-state index contributed by atoms with van der Waals surface area (Å²) < 4.78 is 0. The Morgan fingerprint density at radius 2 is 2.04 bits per heavy atom. The summed E-state index contributed by atoms with van der Waals surface area (Å²) in [6.07, 6.45) is 7.15. The van der Waals surface area contributed by atoms with Gasteiger partial charge >= 0.3 is 0 Å². The summed E-state index contributed by atoms with van der Waals surface area (Å²) in [4.78, 5) is 11.5. The molecule has 0 unspecified atom stereocenters. The molecule has 1 aliphatic carbocycles. The standard InChI is InChI=1S/C18H29N5S/c1-19-17(21-14-16-6-2-5-9-20-16)22-15-18(7-3-4-8-18)23-10-12-24-13-11-23/h2,5-6,9H,3-4,7-8,10-15H2,1H3,(H2,19,21,22). The van der Waals surface area contributed by atoms with Crippen LogP contribution in [0.15, 0.2) is 29.4 Å². The van der Waals surface area contributed by atoms with Gasteiger partial charge in [-0.15, -0.1) is 0 Å². The van der Waals surface area contributed by atoms with E-state index in [1.165, 1.54) is 50.3 Å². The minimum absolute atomic E-state index is 0.323. The molecule has 2 N–H and O–H groups in total. The largest absolute Gasteiger partial charge is 0.355 e. The first-order chi connectivity index (χ1) is 11.8. The second kappa shape index (κ2) is 8.72. The Hall–Kier alpha value is -1.27. The molecule has 0 spiro atoms. The molecular weight excluding hydrogens is 318 g/mol. The molecule has 1 aromatic rings. The highest BCUT2D eigenvalue weighted by Crippen LogP contribution is 2.36. The van der Waals surface area contributed by atoms with Crippen molar-refractivity contribution in [2.24, 2.45) is 4.99 Å². The van der Waals surface area contributed by atoms with E-state index in [-0.39, 0.29) is 0 Å². The summed E-state index contributed by atoms with van der Waals surface area (Å²) in [5.74, 6) is 3.42. The topological polar surface area (TPSA) is 52.6 Å². The Morgan fingerprint density at radius 1 is 1.25 bits per heavy atom. The number of hydrogen-bond acceptors (Lipinski definition) is 4. The number of nitrogens with one attached hydrogen (secondary N) is 2. The molecule has 0 amide bonds. The fourth-order valence-electron chi connectivity index (χ4n) is 3.82. The summed E-state index contributed by atoms with van der Waals surface area (Å²) in [6.45, 7) is 4.14. The van der Waals surface area contributed by atoms with Crippen LogP contribution in [0.2, 0.25) is 0 Å². The van der Waals surface area contributed by atoms with Gasteiger partial charge in [-0.1, -0.05) is 18.9 Å². The van der Waals surface area contributed by atoms with E-state index in [9.17, 15) is 0 Å². The molecule has 1 saturated carbocycles. The van der Waals surface area contributed by atoms with Crippen LogP contribution >= 0.6 is 11.8 Å². The average molecular weight is 348 g/mol. The fourth-order valence-corrected chi connectivity index (χ4v) is 4.72. The molecule has 2 aliphatic rings. The predicted octanol–water partition coefficient (Wildman–Crippen LogP) is 2.11. The lowest BCUT2D eigenvalue weighted by atomic mass is 9.94.